The Hall–Kier alpha value is -1.77. The number of aliphatic hydroxyl groups excluding tert-OH is 3. The molecule has 16 rings (SSSR count). The lowest BCUT2D eigenvalue weighted by molar-refractivity contribution is -0.347. The Bertz CT molecular complexity index is 2400. The van der Waals surface area contributed by atoms with Gasteiger partial charge in [-0.1, -0.05) is 40.9 Å². The first-order valence-electron chi connectivity index (χ1n) is 30.9. The SMILES string of the molecule is C=C1CC2CC[C@@]34C[C@]5(O)O[C@H]6C(O3)[C@H]3O[C@H](CC[C@@H]3O[C@H]6C5O4)CC(=O)O[C@@H]3[C@@H](C)[C@@H]4O[C@@H]5C[C@@]6(C[C@@H]7OC8(C[C@H](C)[C@@H]9O[C@H]([C@@H](O)C[C@@H](O)CO)C[C@@H]9O8)C[C@H](C)[C@@H]7O6)OC5C[C@@H]4O[C@H]3CC3O[C@@H](CCC1O2)C[C@@H](C)C3=C. The molecule has 0 aromatic rings. The molecular weight excluding hydrogens is 1040 g/mol. The fourth-order valence-corrected chi connectivity index (χ4v) is 18.2. The van der Waals surface area contributed by atoms with Crippen LogP contribution in [0, 0.1) is 23.7 Å². The lowest BCUT2D eigenvalue weighted by Gasteiger charge is -2.50. The Kier molecular flexibility index (Phi) is 13.8. The molecule has 0 aliphatic carbocycles. The van der Waals surface area contributed by atoms with Crippen molar-refractivity contribution in [2.24, 2.45) is 23.7 Å². The van der Waals surface area contributed by atoms with Crippen LogP contribution in [0.3, 0.4) is 0 Å². The standard InChI is InChI=1S/C60H86O20/c1-26-13-33-7-9-37-27(2)14-35(66-37)11-12-57-25-60(65)56(80-57)55-54(79-60)53(78-57)52-38(70-55)10-8-34(68-52)16-47(64)73-51-31(6)50-43(69-42(51)17-39(67-33)30(26)5)19-41-45(72-50)22-59(74-41)23-46-49(77-59)29(4)21-58(76-46)20-28(3)48-44(75-58)18-40(71-48)36(63)15-32(62)24-61/h26,28-29,31-46,48-56,61-63,65H,2,5,7-25H2,1,3-4,6H3/t26-,28+,29+,31+,32-,33+,34-,35?,36+,37?,38+,39?,40+,41?,42+,43+,44+,45-,46+,48+,49+,50+,51-,52+,53?,54+,55-,56?,57-,58?,59-,60+/m1/s1. The molecule has 0 aromatic heterocycles. The van der Waals surface area contributed by atoms with Gasteiger partial charge in [0.15, 0.2) is 17.4 Å². The van der Waals surface area contributed by atoms with Gasteiger partial charge in [0.1, 0.15) is 36.6 Å². The van der Waals surface area contributed by atoms with Crippen LogP contribution in [0.2, 0.25) is 0 Å². The van der Waals surface area contributed by atoms with E-state index in [4.69, 9.17) is 71.1 Å². The molecule has 16 saturated heterocycles. The zero-order chi connectivity index (χ0) is 54.9. The number of ether oxygens (including phenoxy) is 15. The minimum atomic E-state index is -1.55. The maximum atomic E-state index is 14.6. The summed E-state index contributed by atoms with van der Waals surface area (Å²) < 4.78 is 103. The molecule has 7 unspecified atom stereocenters. The van der Waals surface area contributed by atoms with Gasteiger partial charge < -0.3 is 91.5 Å². The Balaban J connectivity index is 0.658. The topological polar surface area (TPSA) is 236 Å². The first kappa shape index (κ1) is 54.9. The van der Waals surface area contributed by atoms with Gasteiger partial charge >= 0.3 is 5.97 Å². The van der Waals surface area contributed by atoms with Gasteiger partial charge in [0, 0.05) is 63.7 Å². The average molecular weight is 1130 g/mol. The van der Waals surface area contributed by atoms with Crippen molar-refractivity contribution < 1.29 is 96.3 Å². The van der Waals surface area contributed by atoms with E-state index in [0.29, 0.717) is 70.6 Å². The fourth-order valence-electron chi connectivity index (χ4n) is 18.2. The van der Waals surface area contributed by atoms with Crippen molar-refractivity contribution in [2.75, 3.05) is 6.61 Å². The lowest BCUT2D eigenvalue weighted by atomic mass is 9.79. The van der Waals surface area contributed by atoms with Crippen LogP contribution >= 0.6 is 0 Å². The second kappa shape index (κ2) is 20.2. The van der Waals surface area contributed by atoms with Gasteiger partial charge in [-0.25, -0.2) is 0 Å². The van der Waals surface area contributed by atoms with Gasteiger partial charge in [-0.05, 0) is 73.8 Å². The monoisotopic (exact) mass is 1130 g/mol. The first-order chi connectivity index (χ1) is 38.3. The van der Waals surface area contributed by atoms with Crippen LogP contribution in [0.5, 0.6) is 0 Å². The van der Waals surface area contributed by atoms with Crippen molar-refractivity contribution in [3.05, 3.63) is 24.3 Å². The fraction of sp³-hybridized carbons (Fsp3) is 0.917. The molecule has 0 radical (unpaired) electrons. The summed E-state index contributed by atoms with van der Waals surface area (Å²) in [5.74, 6) is -4.74. The van der Waals surface area contributed by atoms with Gasteiger partial charge in [-0.3, -0.25) is 4.79 Å². The zero-order valence-electron chi connectivity index (χ0n) is 46.8. The molecule has 20 heteroatoms. The molecule has 3 spiro atoms. The van der Waals surface area contributed by atoms with E-state index in [0.717, 1.165) is 36.8 Å². The Morgan fingerprint density at radius 1 is 0.550 bits per heavy atom. The van der Waals surface area contributed by atoms with Crippen molar-refractivity contribution in [1.82, 2.24) is 0 Å². The number of rotatable bonds is 4. The van der Waals surface area contributed by atoms with Gasteiger partial charge in [0.25, 0.3) is 0 Å². The number of hydrogen-bond acceptors (Lipinski definition) is 20. The molecule has 16 fully saturated rings. The van der Waals surface area contributed by atoms with Crippen molar-refractivity contribution in [3.8, 4) is 0 Å². The van der Waals surface area contributed by atoms with Gasteiger partial charge in [-0.15, -0.1) is 0 Å². The third kappa shape index (κ3) is 9.31. The van der Waals surface area contributed by atoms with Gasteiger partial charge in [0.05, 0.1) is 129 Å². The molecule has 16 heterocycles. The van der Waals surface area contributed by atoms with E-state index >= 15 is 0 Å². The van der Waals surface area contributed by atoms with Crippen LogP contribution in [-0.4, -0.2) is 203 Å². The third-order valence-corrected chi connectivity index (χ3v) is 22.0. The molecule has 12 bridgehead atoms. The van der Waals surface area contributed by atoms with Crippen LogP contribution < -0.4 is 0 Å². The smallest absolute Gasteiger partial charge is 0.308 e. The lowest BCUT2D eigenvalue weighted by Crippen LogP contribution is -2.62. The molecule has 32 atom stereocenters. The van der Waals surface area contributed by atoms with Crippen LogP contribution in [0.4, 0.5) is 0 Å². The summed E-state index contributed by atoms with van der Waals surface area (Å²) in [5, 5.41) is 42.3. The summed E-state index contributed by atoms with van der Waals surface area (Å²) in [5.41, 5.74) is 2.08. The predicted octanol–water partition coefficient (Wildman–Crippen LogP) is 4.25. The molecule has 0 saturated carbocycles. The van der Waals surface area contributed by atoms with E-state index < -0.39 is 103 Å². The Morgan fingerprint density at radius 3 is 2.09 bits per heavy atom. The Labute approximate surface area is 468 Å². The Morgan fingerprint density at radius 2 is 1.25 bits per heavy atom. The number of hydrogen-bond donors (Lipinski definition) is 4. The van der Waals surface area contributed by atoms with Crippen molar-refractivity contribution in [2.45, 2.75) is 313 Å². The highest BCUT2D eigenvalue weighted by Crippen LogP contribution is 2.59. The number of fused-ring (bicyclic) bond motifs is 10. The number of carbonyl (C=O) groups excluding carboxylic acids is 1. The van der Waals surface area contributed by atoms with Crippen LogP contribution in [0.15, 0.2) is 24.3 Å². The number of carbonyl (C=O) groups is 1. The highest BCUT2D eigenvalue weighted by molar-refractivity contribution is 5.70. The third-order valence-electron chi connectivity index (χ3n) is 22.0. The maximum Gasteiger partial charge on any atom is 0.308 e. The highest BCUT2D eigenvalue weighted by Gasteiger charge is 2.75. The molecule has 80 heavy (non-hydrogen) atoms. The molecular formula is C60H86O20. The van der Waals surface area contributed by atoms with E-state index in [9.17, 15) is 25.2 Å². The van der Waals surface area contributed by atoms with Crippen molar-refractivity contribution in [3.63, 3.8) is 0 Å². The average Bonchev–Trinajstić information content (AvgIpc) is 4.40. The van der Waals surface area contributed by atoms with Crippen LogP contribution in [-0.2, 0) is 75.8 Å². The van der Waals surface area contributed by atoms with E-state index in [-0.39, 0.29) is 122 Å². The van der Waals surface area contributed by atoms with E-state index in [1.54, 1.807) is 0 Å². The molecule has 0 amide bonds. The minimum Gasteiger partial charge on any atom is -0.459 e. The maximum absolute atomic E-state index is 14.6. The normalized spacial score (nSPS) is 57.6. The summed E-state index contributed by atoms with van der Waals surface area (Å²) in [6, 6.07) is 0. The number of esters is 1. The van der Waals surface area contributed by atoms with Crippen LogP contribution in [0.1, 0.15) is 143 Å². The number of aliphatic hydroxyl groups is 4. The predicted molar refractivity (Wildman–Crippen MR) is 275 cm³/mol. The summed E-state index contributed by atoms with van der Waals surface area (Å²) in [4.78, 5) is 14.6. The zero-order valence-corrected chi connectivity index (χ0v) is 46.8. The largest absolute Gasteiger partial charge is 0.459 e. The summed E-state index contributed by atoms with van der Waals surface area (Å²) in [7, 11) is 0. The van der Waals surface area contributed by atoms with Crippen LogP contribution in [0.25, 0.3) is 0 Å². The molecule has 16 aliphatic rings. The first-order valence-corrected chi connectivity index (χ1v) is 30.9. The van der Waals surface area contributed by atoms with Crippen molar-refractivity contribution >= 4 is 5.97 Å². The molecule has 20 nitrogen and oxygen atoms in total. The molecule has 4 N–H and O–H groups in total. The van der Waals surface area contributed by atoms with Crippen molar-refractivity contribution in [1.29, 1.82) is 0 Å². The summed E-state index contributed by atoms with van der Waals surface area (Å²) in [6.45, 7) is 17.3. The second-order valence-electron chi connectivity index (χ2n) is 27.8. The van der Waals surface area contributed by atoms with E-state index in [1.807, 2.05) is 0 Å². The molecule has 0 aromatic carbocycles. The quantitative estimate of drug-likeness (QED) is 0.228. The minimum absolute atomic E-state index is 0.0152. The summed E-state index contributed by atoms with van der Waals surface area (Å²) in [6.07, 6.45) is -0.945. The van der Waals surface area contributed by atoms with Gasteiger partial charge in [-0.2, -0.15) is 0 Å². The molecule has 446 valence electrons. The van der Waals surface area contributed by atoms with E-state index in [1.165, 1.54) is 0 Å². The second-order valence-corrected chi connectivity index (χ2v) is 27.8. The summed E-state index contributed by atoms with van der Waals surface area (Å²) >= 11 is 0. The van der Waals surface area contributed by atoms with Gasteiger partial charge in [0.2, 0.25) is 5.79 Å². The van der Waals surface area contributed by atoms with E-state index in [2.05, 4.69) is 40.9 Å². The molecule has 16 aliphatic heterocycles. The highest BCUT2D eigenvalue weighted by atomic mass is 16.8.